The van der Waals surface area contributed by atoms with E-state index in [1.165, 1.54) is 0 Å². The number of rotatable bonds is 7. The number of alkyl halides is 10. The van der Waals surface area contributed by atoms with Crippen LogP contribution in [-0.4, -0.2) is 34.4 Å². The molecule has 0 spiro atoms. The van der Waals surface area contributed by atoms with Crippen LogP contribution in [0.2, 0.25) is 0 Å². The third-order valence-corrected chi connectivity index (χ3v) is 4.91. The molecule has 2 unspecified atom stereocenters. The van der Waals surface area contributed by atoms with Crippen molar-refractivity contribution in [2.75, 3.05) is 0 Å². The third kappa shape index (κ3) is 5.77. The van der Waals surface area contributed by atoms with Gasteiger partial charge in [0, 0.05) is 12.8 Å². The third-order valence-electron chi connectivity index (χ3n) is 4.91. The first-order valence-electron chi connectivity index (χ1n) is 8.91. The van der Waals surface area contributed by atoms with E-state index in [0.717, 1.165) is 48.5 Å². The summed E-state index contributed by atoms with van der Waals surface area (Å²) in [6.07, 6.45) is -16.4. The number of halogens is 10. The van der Waals surface area contributed by atoms with Crippen molar-refractivity contribution >= 4 is 0 Å². The van der Waals surface area contributed by atoms with Gasteiger partial charge in [0.05, 0.1) is 0 Å². The van der Waals surface area contributed by atoms with Crippen LogP contribution in [0.4, 0.5) is 43.9 Å². The van der Waals surface area contributed by atoms with E-state index in [4.69, 9.17) is 0 Å². The Hall–Kier alpha value is -2.66. The Bertz CT molecular complexity index is 811. The van der Waals surface area contributed by atoms with Gasteiger partial charge in [-0.05, 0) is 47.2 Å². The Morgan fingerprint density at radius 1 is 0.500 bits per heavy atom. The van der Waals surface area contributed by atoms with E-state index in [1.807, 2.05) is 0 Å². The van der Waals surface area contributed by atoms with Gasteiger partial charge in [-0.15, -0.1) is 0 Å². The van der Waals surface area contributed by atoms with Gasteiger partial charge in [0.15, 0.2) is 0 Å². The Morgan fingerprint density at radius 3 is 0.969 bits per heavy atom. The average Bonchev–Trinajstić information content (AvgIpc) is 2.64. The number of aromatic hydroxyl groups is 2. The highest BCUT2D eigenvalue weighted by atomic mass is 19.4. The van der Waals surface area contributed by atoms with Crippen LogP contribution in [0.5, 0.6) is 11.5 Å². The molecule has 0 aliphatic rings. The second kappa shape index (κ2) is 8.70. The highest BCUT2D eigenvalue weighted by Gasteiger charge is 2.61. The van der Waals surface area contributed by atoms with Crippen LogP contribution in [-0.2, 0) is 0 Å². The molecule has 0 fully saturated rings. The van der Waals surface area contributed by atoms with Crippen molar-refractivity contribution in [2.45, 2.75) is 48.9 Å². The van der Waals surface area contributed by atoms with E-state index >= 15 is 0 Å². The molecule has 178 valence electrons. The molecule has 32 heavy (non-hydrogen) atoms. The van der Waals surface area contributed by atoms with E-state index in [-0.39, 0.29) is 0 Å². The van der Waals surface area contributed by atoms with Crippen molar-refractivity contribution in [3.8, 4) is 11.5 Å². The fourth-order valence-electron chi connectivity index (χ4n) is 3.21. The molecule has 0 aliphatic heterocycles. The van der Waals surface area contributed by atoms with Gasteiger partial charge in [0.2, 0.25) is 0 Å². The summed E-state index contributed by atoms with van der Waals surface area (Å²) in [4.78, 5) is 0. The molecule has 2 aromatic carbocycles. The minimum Gasteiger partial charge on any atom is -0.508 e. The number of phenolic OH excluding ortho intramolecular Hbond substituents is 2. The number of benzene rings is 2. The van der Waals surface area contributed by atoms with Gasteiger partial charge < -0.3 is 10.2 Å². The van der Waals surface area contributed by atoms with Crippen LogP contribution < -0.4 is 0 Å². The van der Waals surface area contributed by atoms with Crippen molar-refractivity contribution in [3.05, 3.63) is 59.7 Å². The van der Waals surface area contributed by atoms with Crippen LogP contribution in [0.3, 0.4) is 0 Å². The second-order valence-electron chi connectivity index (χ2n) is 7.21. The van der Waals surface area contributed by atoms with Crippen molar-refractivity contribution < 1.29 is 54.1 Å². The molecule has 2 rings (SSSR count). The summed E-state index contributed by atoms with van der Waals surface area (Å²) < 4.78 is 133. The molecule has 0 amide bonds. The molecule has 2 aromatic rings. The van der Waals surface area contributed by atoms with Crippen LogP contribution in [0.25, 0.3) is 0 Å². The first-order chi connectivity index (χ1) is 14.4. The summed E-state index contributed by atoms with van der Waals surface area (Å²) in [7, 11) is 0. The summed E-state index contributed by atoms with van der Waals surface area (Å²) in [5, 5.41) is 18.7. The maximum Gasteiger partial charge on any atom is 0.453 e. The highest BCUT2D eigenvalue weighted by Crippen LogP contribution is 2.52. The maximum absolute atomic E-state index is 13.9. The van der Waals surface area contributed by atoms with Crippen molar-refractivity contribution in [2.24, 2.45) is 0 Å². The Morgan fingerprint density at radius 2 is 0.750 bits per heavy atom. The lowest BCUT2D eigenvalue weighted by atomic mass is 9.75. The number of phenols is 2. The van der Waals surface area contributed by atoms with E-state index in [0.29, 0.717) is 0 Å². The molecule has 2 nitrogen and oxygen atoms in total. The highest BCUT2D eigenvalue weighted by molar-refractivity contribution is 5.35. The van der Waals surface area contributed by atoms with Gasteiger partial charge in [-0.3, -0.25) is 0 Å². The van der Waals surface area contributed by atoms with Crippen molar-refractivity contribution in [3.63, 3.8) is 0 Å². The maximum atomic E-state index is 13.9. The zero-order chi connectivity index (χ0) is 24.5. The lowest BCUT2D eigenvalue weighted by Gasteiger charge is -2.34. The number of hydrogen-bond donors (Lipinski definition) is 2. The Labute approximate surface area is 175 Å². The lowest BCUT2D eigenvalue weighted by Crippen LogP contribution is -2.41. The van der Waals surface area contributed by atoms with Crippen LogP contribution in [0.1, 0.15) is 35.8 Å². The quantitative estimate of drug-likeness (QED) is 0.416. The topological polar surface area (TPSA) is 40.5 Å². The summed E-state index contributed by atoms with van der Waals surface area (Å²) >= 11 is 0. The molecule has 0 heterocycles. The van der Waals surface area contributed by atoms with Crippen molar-refractivity contribution in [1.82, 2.24) is 0 Å². The molecular formula is C20H16F10O2. The average molecular weight is 478 g/mol. The molecule has 0 aliphatic carbocycles. The van der Waals surface area contributed by atoms with Crippen LogP contribution in [0.15, 0.2) is 48.5 Å². The first-order valence-corrected chi connectivity index (χ1v) is 8.91. The monoisotopic (exact) mass is 478 g/mol. The zero-order valence-corrected chi connectivity index (χ0v) is 15.9. The van der Waals surface area contributed by atoms with Crippen LogP contribution >= 0.6 is 0 Å². The molecule has 0 saturated carbocycles. The van der Waals surface area contributed by atoms with Gasteiger partial charge in [0.1, 0.15) is 11.5 Å². The van der Waals surface area contributed by atoms with E-state index < -0.39 is 71.5 Å². The van der Waals surface area contributed by atoms with E-state index in [2.05, 4.69) is 0 Å². The Balaban J connectivity index is 2.66. The predicted molar refractivity (Wildman–Crippen MR) is 92.9 cm³/mol. The fourth-order valence-corrected chi connectivity index (χ4v) is 3.21. The molecule has 0 bridgehead atoms. The smallest absolute Gasteiger partial charge is 0.453 e. The molecule has 0 aromatic heterocycles. The predicted octanol–water partition coefficient (Wildman–Crippen LogP) is 7.14. The van der Waals surface area contributed by atoms with Gasteiger partial charge in [-0.25, -0.2) is 0 Å². The summed E-state index contributed by atoms with van der Waals surface area (Å²) in [5.74, 6) is -16.0. The summed E-state index contributed by atoms with van der Waals surface area (Å²) in [6.45, 7) is 0. The molecule has 12 heteroatoms. The zero-order valence-electron chi connectivity index (χ0n) is 15.9. The minimum absolute atomic E-state index is 0.414. The first kappa shape index (κ1) is 25.6. The normalized spacial score (nSPS) is 15.4. The molecule has 0 radical (unpaired) electrons. The van der Waals surface area contributed by atoms with E-state index in [1.54, 1.807) is 0 Å². The van der Waals surface area contributed by atoms with Gasteiger partial charge in [-0.2, -0.15) is 43.9 Å². The number of hydrogen-bond acceptors (Lipinski definition) is 2. The van der Waals surface area contributed by atoms with Crippen LogP contribution in [0, 0.1) is 0 Å². The SMILES string of the molecule is Oc1ccc(C(CC(F)(F)C(F)(F)F)C(CC(F)(F)C(F)(F)F)c2ccc(O)cc2)cc1. The van der Waals surface area contributed by atoms with Gasteiger partial charge in [-0.1, -0.05) is 24.3 Å². The van der Waals surface area contributed by atoms with Gasteiger partial charge in [0.25, 0.3) is 0 Å². The molecular weight excluding hydrogens is 462 g/mol. The minimum atomic E-state index is -6.09. The summed E-state index contributed by atoms with van der Waals surface area (Å²) in [6, 6.07) is 6.98. The van der Waals surface area contributed by atoms with Crippen molar-refractivity contribution in [1.29, 1.82) is 0 Å². The lowest BCUT2D eigenvalue weighted by molar-refractivity contribution is -0.292. The largest absolute Gasteiger partial charge is 0.508 e. The molecule has 0 saturated heterocycles. The van der Waals surface area contributed by atoms with E-state index in [9.17, 15) is 54.1 Å². The van der Waals surface area contributed by atoms with Gasteiger partial charge >= 0.3 is 24.2 Å². The standard InChI is InChI=1S/C20H16F10O2/c21-17(22,19(25,26)27)9-15(11-1-5-13(31)6-2-11)16(10-18(23,24)20(28,29)30)12-3-7-14(32)8-4-12/h1-8,15-16,31-32H,9-10H2. The molecule has 2 atom stereocenters. The summed E-state index contributed by atoms with van der Waals surface area (Å²) in [5.41, 5.74) is -0.828. The molecule has 2 N–H and O–H groups in total. The fraction of sp³-hybridized carbons (Fsp3) is 0.400. The second-order valence-corrected chi connectivity index (χ2v) is 7.21. The Kier molecular flexibility index (Phi) is 6.96.